The van der Waals surface area contributed by atoms with E-state index in [9.17, 15) is 31.2 Å². The van der Waals surface area contributed by atoms with Crippen molar-refractivity contribution in [2.75, 3.05) is 18.1 Å². The molecule has 260 valence electrons. The van der Waals surface area contributed by atoms with Gasteiger partial charge in [-0.3, -0.25) is 19.7 Å². The molecule has 1 saturated heterocycles. The Kier molecular flexibility index (Phi) is 8.77. The Bertz CT molecular complexity index is 2290. The molecule has 0 bridgehead atoms. The summed E-state index contributed by atoms with van der Waals surface area (Å²) in [6.07, 6.45) is 3.26. The van der Waals surface area contributed by atoms with Gasteiger partial charge in [0.15, 0.2) is 11.6 Å². The third-order valence-corrected chi connectivity index (χ3v) is 12.8. The van der Waals surface area contributed by atoms with Crippen molar-refractivity contribution in [3.8, 4) is 28.8 Å². The highest BCUT2D eigenvalue weighted by molar-refractivity contribution is 7.90. The minimum atomic E-state index is -3.81. The number of benzene rings is 2. The van der Waals surface area contributed by atoms with Crippen LogP contribution in [0.5, 0.6) is 0 Å². The van der Waals surface area contributed by atoms with Crippen molar-refractivity contribution >= 4 is 37.8 Å². The number of aromatic nitrogens is 4. The number of amides is 2. The van der Waals surface area contributed by atoms with Crippen LogP contribution < -0.4 is 5.32 Å². The van der Waals surface area contributed by atoms with E-state index in [-0.39, 0.29) is 55.5 Å². The number of ether oxygens (including phenoxy) is 1. The van der Waals surface area contributed by atoms with Crippen molar-refractivity contribution < 1.29 is 36.0 Å². The number of nitriles is 1. The average molecular weight is 719 g/mol. The van der Waals surface area contributed by atoms with Crippen LogP contribution in [0.4, 0.5) is 0 Å². The van der Waals surface area contributed by atoms with E-state index in [1.165, 1.54) is 12.4 Å². The number of nitrogens with zero attached hydrogens (tertiary/aromatic N) is 5. The lowest BCUT2D eigenvalue weighted by molar-refractivity contribution is -0.149. The molecular weight excluding hydrogens is 685 g/mol. The Hall–Kier alpha value is -5.14. The Morgan fingerprint density at radius 2 is 1.40 bits per heavy atom. The van der Waals surface area contributed by atoms with Crippen LogP contribution in [0.2, 0.25) is 0 Å². The molecule has 1 spiro atoms. The molecule has 7 rings (SSSR count). The first-order chi connectivity index (χ1) is 23.7. The van der Waals surface area contributed by atoms with Gasteiger partial charge in [0.05, 0.1) is 48.0 Å². The number of hydrogen-bond donors (Lipinski definition) is 1. The number of fused-ring (bicyclic) bond motifs is 3. The van der Waals surface area contributed by atoms with Crippen molar-refractivity contribution in [1.82, 2.24) is 23.2 Å². The monoisotopic (exact) mass is 718 g/mol. The number of imide groups is 1. The molecule has 2 atom stereocenters. The molecular formula is C34H34N6O8S2. The van der Waals surface area contributed by atoms with Gasteiger partial charge in [-0.05, 0) is 33.6 Å². The first-order valence-electron chi connectivity index (χ1n) is 15.8. The van der Waals surface area contributed by atoms with E-state index >= 15 is 0 Å². The van der Waals surface area contributed by atoms with Gasteiger partial charge in [0.1, 0.15) is 10.8 Å². The van der Waals surface area contributed by atoms with Crippen molar-refractivity contribution in [2.24, 2.45) is 0 Å². The molecule has 2 amide bonds. The number of aryl methyl sites for hydroxylation is 2. The van der Waals surface area contributed by atoms with Crippen molar-refractivity contribution in [2.45, 2.75) is 57.3 Å². The lowest BCUT2D eigenvalue weighted by Crippen LogP contribution is -2.52. The molecule has 2 unspecified atom stereocenters. The molecule has 14 nitrogen and oxygen atoms in total. The highest BCUT2D eigenvalue weighted by Gasteiger charge is 2.57. The van der Waals surface area contributed by atoms with Crippen LogP contribution >= 0.6 is 0 Å². The predicted octanol–water partition coefficient (Wildman–Crippen LogP) is 2.88. The second-order valence-electron chi connectivity index (χ2n) is 12.6. The summed E-state index contributed by atoms with van der Waals surface area (Å²) >= 11 is 0. The van der Waals surface area contributed by atoms with Crippen molar-refractivity contribution in [3.63, 3.8) is 0 Å². The maximum absolute atomic E-state index is 12.9. The number of piperidine rings is 1. The number of imidazole rings is 2. The van der Waals surface area contributed by atoms with E-state index in [4.69, 9.17) is 10.00 Å². The minimum absolute atomic E-state index is 0.0411. The summed E-state index contributed by atoms with van der Waals surface area (Å²) in [6, 6.07) is 16.7. The van der Waals surface area contributed by atoms with Crippen LogP contribution in [-0.2, 0) is 50.0 Å². The zero-order chi connectivity index (χ0) is 36.1. The van der Waals surface area contributed by atoms with Gasteiger partial charge in [-0.25, -0.2) is 34.7 Å². The number of hydrogen-bond acceptors (Lipinski definition) is 11. The van der Waals surface area contributed by atoms with Gasteiger partial charge in [0, 0.05) is 24.0 Å². The molecule has 0 saturated carbocycles. The summed E-state index contributed by atoms with van der Waals surface area (Å²) in [5.74, 6) is -1.76. The standard InChI is InChI=1S/C18H19N3O4S.C16H15N3O4S/c1-3-25-17(22)18(9-4-10-19)12-26(23,24)21-15(18)11-20-16(21)14-7-5-13(2)6-8-14;1-10-2-4-11(5-3-10)14-17-8-12-16(9-24(22,23)19(12)14)7-6-13(20)18-15(16)21/h5-8,11H,3-4,9,12H2,1-2H3;2-5,8H,6-7,9H2,1H3,(H,18,20,21). The molecule has 1 N–H and O–H groups in total. The third-order valence-electron chi connectivity index (χ3n) is 9.25. The molecule has 0 radical (unpaired) electrons. The Morgan fingerprint density at radius 1 is 0.880 bits per heavy atom. The maximum atomic E-state index is 12.9. The first kappa shape index (κ1) is 34.7. The van der Waals surface area contributed by atoms with Crippen molar-refractivity contribution in [1.29, 1.82) is 5.26 Å². The average Bonchev–Trinajstić information content (AvgIpc) is 3.82. The van der Waals surface area contributed by atoms with Gasteiger partial charge >= 0.3 is 5.97 Å². The molecule has 1 fully saturated rings. The topological polar surface area (TPSA) is 200 Å². The minimum Gasteiger partial charge on any atom is -0.465 e. The van der Waals surface area contributed by atoms with Crippen LogP contribution in [0.15, 0.2) is 60.9 Å². The zero-order valence-electron chi connectivity index (χ0n) is 27.5. The zero-order valence-corrected chi connectivity index (χ0v) is 29.2. The maximum Gasteiger partial charge on any atom is 0.319 e. The Labute approximate surface area is 289 Å². The van der Waals surface area contributed by atoms with E-state index in [1.54, 1.807) is 31.2 Å². The van der Waals surface area contributed by atoms with Gasteiger partial charge in [-0.1, -0.05) is 59.7 Å². The SMILES string of the molecule is CCOC(=O)C1(CCC#N)CS(=O)(=O)n2c1cnc2-c1ccc(C)cc1.Cc1ccc(-c2ncc3n2S(=O)(=O)CC32CCC(=O)NC2=O)cc1. The normalized spacial score (nSPS) is 22.5. The molecule has 3 aliphatic rings. The largest absolute Gasteiger partial charge is 0.465 e. The summed E-state index contributed by atoms with van der Waals surface area (Å²) in [7, 11) is -7.54. The number of carbonyl (C=O) groups excluding carboxylic acids is 3. The van der Waals surface area contributed by atoms with Crippen LogP contribution in [0, 0.1) is 25.2 Å². The predicted molar refractivity (Wildman–Crippen MR) is 180 cm³/mol. The van der Waals surface area contributed by atoms with Crippen LogP contribution in [0.1, 0.15) is 55.1 Å². The van der Waals surface area contributed by atoms with Crippen LogP contribution in [-0.4, -0.2) is 70.6 Å². The Morgan fingerprint density at radius 3 is 1.92 bits per heavy atom. The molecule has 4 aromatic rings. The second-order valence-corrected chi connectivity index (χ2v) is 16.3. The Balaban J connectivity index is 0.000000173. The van der Waals surface area contributed by atoms with Crippen LogP contribution in [0.25, 0.3) is 22.8 Å². The summed E-state index contributed by atoms with van der Waals surface area (Å²) in [4.78, 5) is 45.1. The third kappa shape index (κ3) is 5.69. The quantitative estimate of drug-likeness (QED) is 0.227. The van der Waals surface area contributed by atoms with E-state index in [2.05, 4.69) is 15.3 Å². The van der Waals surface area contributed by atoms with E-state index in [0.717, 1.165) is 19.1 Å². The highest BCUT2D eigenvalue weighted by atomic mass is 32.2. The van der Waals surface area contributed by atoms with Crippen LogP contribution in [0.3, 0.4) is 0 Å². The van der Waals surface area contributed by atoms with Crippen molar-refractivity contribution in [3.05, 3.63) is 83.4 Å². The number of carbonyl (C=O) groups is 3. The second kappa shape index (κ2) is 12.6. The number of rotatable bonds is 6. The number of nitrogens with one attached hydrogen (secondary N) is 1. The van der Waals surface area contributed by atoms with Gasteiger partial charge in [0.2, 0.25) is 31.9 Å². The fraction of sp³-hybridized carbons (Fsp3) is 0.353. The summed E-state index contributed by atoms with van der Waals surface area (Å²) in [5.41, 5.74) is 1.37. The smallest absolute Gasteiger partial charge is 0.319 e. The first-order valence-corrected chi connectivity index (χ1v) is 19.1. The van der Waals surface area contributed by atoms with E-state index < -0.39 is 48.5 Å². The fourth-order valence-corrected chi connectivity index (χ4v) is 10.9. The molecule has 50 heavy (non-hydrogen) atoms. The highest BCUT2D eigenvalue weighted by Crippen LogP contribution is 2.44. The van der Waals surface area contributed by atoms with Gasteiger partial charge in [-0.2, -0.15) is 5.26 Å². The summed E-state index contributed by atoms with van der Waals surface area (Å²) in [6.45, 7) is 5.67. The summed E-state index contributed by atoms with van der Waals surface area (Å²) < 4.78 is 58.7. The van der Waals surface area contributed by atoms with E-state index in [0.29, 0.717) is 22.6 Å². The molecule has 2 aromatic carbocycles. The molecule has 3 aliphatic heterocycles. The van der Waals surface area contributed by atoms with E-state index in [1.807, 2.05) is 44.2 Å². The van der Waals surface area contributed by atoms with Gasteiger partial charge in [0.25, 0.3) is 0 Å². The molecule has 16 heteroatoms. The number of esters is 1. The lowest BCUT2D eigenvalue weighted by Gasteiger charge is -2.29. The lowest BCUT2D eigenvalue weighted by atomic mass is 9.79. The van der Waals surface area contributed by atoms with Gasteiger partial charge in [-0.15, -0.1) is 0 Å². The fourth-order valence-electron chi connectivity index (χ4n) is 6.71. The molecule has 2 aromatic heterocycles. The molecule has 5 heterocycles. The van der Waals surface area contributed by atoms with Gasteiger partial charge < -0.3 is 4.74 Å². The molecule has 0 aliphatic carbocycles. The summed E-state index contributed by atoms with van der Waals surface area (Å²) in [5, 5.41) is 11.2.